The SMILES string of the molecule is CC(C)n1c2ccc(-n3c4ccccc4c4ccccc43)cc2c2cc(-n3c4ccccc4c4ccccc43)ccc21.CC(C)n1c2ccccc2c2ccc3ccccc3c21. The van der Waals surface area contributed by atoms with Crippen LogP contribution in [0.1, 0.15) is 39.8 Å². The highest BCUT2D eigenvalue weighted by atomic mass is 15.0. The zero-order valence-electron chi connectivity index (χ0n) is 35.4. The van der Waals surface area contributed by atoms with Gasteiger partial charge in [0.05, 0.1) is 27.6 Å². The predicted octanol–water partition coefficient (Wildman–Crippen LogP) is 16.1. The van der Waals surface area contributed by atoms with E-state index in [1.54, 1.807) is 0 Å². The molecule has 13 rings (SSSR count). The molecule has 4 aromatic heterocycles. The molecule has 0 fully saturated rings. The summed E-state index contributed by atoms with van der Waals surface area (Å²) in [5.41, 5.74) is 12.5. The van der Waals surface area contributed by atoms with E-state index in [-0.39, 0.29) is 0 Å². The molecule has 0 atom stereocenters. The number of rotatable bonds is 4. The van der Waals surface area contributed by atoms with Crippen molar-refractivity contribution in [2.24, 2.45) is 0 Å². The van der Waals surface area contributed by atoms with Gasteiger partial charge in [0.1, 0.15) is 0 Å². The van der Waals surface area contributed by atoms with Gasteiger partial charge in [0.25, 0.3) is 0 Å². The first kappa shape index (κ1) is 36.3. The third kappa shape index (κ3) is 5.32. The number of fused-ring (bicyclic) bond motifs is 14. The zero-order valence-corrected chi connectivity index (χ0v) is 35.4. The van der Waals surface area contributed by atoms with Gasteiger partial charge in [0, 0.05) is 88.5 Å². The van der Waals surface area contributed by atoms with Crippen molar-refractivity contribution in [3.63, 3.8) is 0 Å². The van der Waals surface area contributed by atoms with Crippen LogP contribution in [-0.4, -0.2) is 18.3 Å². The van der Waals surface area contributed by atoms with E-state index in [0.29, 0.717) is 12.1 Å². The molecule has 4 nitrogen and oxygen atoms in total. The van der Waals surface area contributed by atoms with Crippen molar-refractivity contribution >= 4 is 98.0 Å². The average molecular weight is 799 g/mol. The lowest BCUT2D eigenvalue weighted by Gasteiger charge is -2.13. The highest BCUT2D eigenvalue weighted by Crippen LogP contribution is 2.40. The second kappa shape index (κ2) is 14.0. The van der Waals surface area contributed by atoms with E-state index in [0.717, 1.165) is 0 Å². The van der Waals surface area contributed by atoms with Crippen LogP contribution in [0, 0.1) is 0 Å². The molecular weight excluding hydrogens is 753 g/mol. The molecule has 0 radical (unpaired) electrons. The van der Waals surface area contributed by atoms with Crippen LogP contribution in [0.2, 0.25) is 0 Å². The van der Waals surface area contributed by atoms with Gasteiger partial charge in [-0.1, -0.05) is 127 Å². The van der Waals surface area contributed by atoms with Gasteiger partial charge in [-0.15, -0.1) is 0 Å². The quantitative estimate of drug-likeness (QED) is 0.169. The molecule has 0 saturated heterocycles. The lowest BCUT2D eigenvalue weighted by molar-refractivity contribution is 0.642. The van der Waals surface area contributed by atoms with Crippen LogP contribution in [0.25, 0.3) is 109 Å². The third-order valence-electron chi connectivity index (χ3n) is 13.1. The smallest absolute Gasteiger partial charge is 0.0573 e. The molecule has 9 aromatic carbocycles. The van der Waals surface area contributed by atoms with Crippen LogP contribution in [0.5, 0.6) is 0 Å². The summed E-state index contributed by atoms with van der Waals surface area (Å²) in [6.45, 7) is 9.07. The molecule has 4 heteroatoms. The second-order valence-electron chi connectivity index (χ2n) is 17.3. The molecular formula is C58H46N4. The monoisotopic (exact) mass is 798 g/mol. The Balaban J connectivity index is 0.000000171. The minimum atomic E-state index is 0.336. The molecule has 298 valence electrons. The molecule has 0 amide bonds. The number of benzene rings is 9. The Morgan fingerprint density at radius 2 is 0.629 bits per heavy atom. The lowest BCUT2D eigenvalue weighted by atomic mass is 10.1. The first-order chi connectivity index (χ1) is 30.5. The highest BCUT2D eigenvalue weighted by Gasteiger charge is 2.19. The van der Waals surface area contributed by atoms with Gasteiger partial charge in [-0.2, -0.15) is 0 Å². The number of para-hydroxylation sites is 5. The van der Waals surface area contributed by atoms with E-state index in [1.807, 2.05) is 0 Å². The summed E-state index contributed by atoms with van der Waals surface area (Å²) in [4.78, 5) is 0. The molecule has 0 aliphatic rings. The fraction of sp³-hybridized carbons (Fsp3) is 0.103. The van der Waals surface area contributed by atoms with Gasteiger partial charge in [-0.3, -0.25) is 0 Å². The molecule has 0 N–H and O–H groups in total. The summed E-state index contributed by atoms with van der Waals surface area (Å²) in [6.07, 6.45) is 0. The molecule has 0 bridgehead atoms. The fourth-order valence-corrected chi connectivity index (χ4v) is 10.6. The minimum Gasteiger partial charge on any atom is -0.338 e. The number of hydrogen-bond donors (Lipinski definition) is 0. The zero-order chi connectivity index (χ0) is 41.6. The van der Waals surface area contributed by atoms with Crippen LogP contribution >= 0.6 is 0 Å². The van der Waals surface area contributed by atoms with Crippen molar-refractivity contribution in [2.75, 3.05) is 0 Å². The van der Waals surface area contributed by atoms with E-state index in [4.69, 9.17) is 0 Å². The summed E-state index contributed by atoms with van der Waals surface area (Å²) in [5.74, 6) is 0. The molecule has 62 heavy (non-hydrogen) atoms. The van der Waals surface area contributed by atoms with Crippen LogP contribution in [0.15, 0.2) is 194 Å². The van der Waals surface area contributed by atoms with Crippen LogP contribution < -0.4 is 0 Å². The van der Waals surface area contributed by atoms with Gasteiger partial charge in [-0.05, 0) is 99.8 Å². The van der Waals surface area contributed by atoms with Crippen molar-refractivity contribution in [2.45, 2.75) is 39.8 Å². The van der Waals surface area contributed by atoms with Crippen molar-refractivity contribution in [3.8, 4) is 11.4 Å². The molecule has 0 aliphatic carbocycles. The van der Waals surface area contributed by atoms with Crippen LogP contribution in [-0.2, 0) is 0 Å². The Morgan fingerprint density at radius 3 is 1.06 bits per heavy atom. The van der Waals surface area contributed by atoms with Crippen molar-refractivity contribution in [1.82, 2.24) is 18.3 Å². The van der Waals surface area contributed by atoms with Gasteiger partial charge in [-0.25, -0.2) is 0 Å². The Morgan fingerprint density at radius 1 is 0.274 bits per heavy atom. The Labute approximate surface area is 360 Å². The topological polar surface area (TPSA) is 19.7 Å². The van der Waals surface area contributed by atoms with E-state index in [9.17, 15) is 0 Å². The number of nitrogens with zero attached hydrogens (tertiary/aromatic N) is 4. The first-order valence-corrected chi connectivity index (χ1v) is 21.9. The minimum absolute atomic E-state index is 0.336. The normalized spacial score (nSPS) is 12.2. The summed E-state index contributed by atoms with van der Waals surface area (Å²) >= 11 is 0. The summed E-state index contributed by atoms with van der Waals surface area (Å²) in [7, 11) is 0. The Kier molecular flexibility index (Phi) is 8.20. The maximum atomic E-state index is 2.48. The Hall–Kier alpha value is -7.56. The molecule has 0 spiro atoms. The average Bonchev–Trinajstić information content (AvgIpc) is 4.04. The molecule has 0 saturated carbocycles. The maximum Gasteiger partial charge on any atom is 0.0573 e. The standard InChI is InChI=1S/C39H29N3.C19H17N/c1-25(2)40-38-21-19-26(41-34-15-7-3-11-28(34)29-12-4-8-16-35(29)41)23-32(38)33-24-27(20-22-39(33)40)42-36-17-9-5-13-30(36)31-14-6-10-18-37(31)42;1-13(2)20-18-10-6-5-9-16(18)17-12-11-14-7-3-4-8-15(14)19(17)20/h3-25H,1-2H3;3-13H,1-2H3. The van der Waals surface area contributed by atoms with Crippen LogP contribution in [0.3, 0.4) is 0 Å². The molecule has 4 heterocycles. The molecule has 0 aliphatic heterocycles. The maximum absolute atomic E-state index is 2.48. The van der Waals surface area contributed by atoms with Crippen molar-refractivity contribution in [1.29, 1.82) is 0 Å². The molecule has 13 aromatic rings. The van der Waals surface area contributed by atoms with Crippen LogP contribution in [0.4, 0.5) is 0 Å². The first-order valence-electron chi connectivity index (χ1n) is 21.9. The molecule has 0 unspecified atom stereocenters. The third-order valence-corrected chi connectivity index (χ3v) is 13.1. The van der Waals surface area contributed by atoms with Gasteiger partial charge in [0.2, 0.25) is 0 Å². The van der Waals surface area contributed by atoms with E-state index >= 15 is 0 Å². The van der Waals surface area contributed by atoms with Gasteiger partial charge < -0.3 is 18.3 Å². The van der Waals surface area contributed by atoms with Gasteiger partial charge in [0.15, 0.2) is 0 Å². The summed E-state index contributed by atoms with van der Waals surface area (Å²) < 4.78 is 9.78. The number of aromatic nitrogens is 4. The van der Waals surface area contributed by atoms with E-state index < -0.39 is 0 Å². The van der Waals surface area contributed by atoms with E-state index in [2.05, 4.69) is 240 Å². The van der Waals surface area contributed by atoms with Crippen molar-refractivity contribution < 1.29 is 0 Å². The van der Waals surface area contributed by atoms with E-state index in [1.165, 1.54) is 109 Å². The lowest BCUT2D eigenvalue weighted by Crippen LogP contribution is -2.00. The predicted molar refractivity (Wildman–Crippen MR) is 266 cm³/mol. The van der Waals surface area contributed by atoms with Gasteiger partial charge >= 0.3 is 0 Å². The largest absolute Gasteiger partial charge is 0.338 e. The summed E-state index contributed by atoms with van der Waals surface area (Å²) in [5, 5.41) is 13.0. The fourth-order valence-electron chi connectivity index (χ4n) is 10.6. The van der Waals surface area contributed by atoms with Crippen molar-refractivity contribution in [3.05, 3.63) is 194 Å². The second-order valence-corrected chi connectivity index (χ2v) is 17.3. The highest BCUT2D eigenvalue weighted by molar-refractivity contribution is 6.18. The Bertz CT molecular complexity index is 3610. The number of hydrogen-bond acceptors (Lipinski definition) is 0. The summed E-state index contributed by atoms with van der Waals surface area (Å²) in [6, 6.07) is 71.6.